The Morgan fingerprint density at radius 1 is 1.53 bits per heavy atom. The largest absolute Gasteiger partial charge is 0.343 e. The van der Waals surface area contributed by atoms with Gasteiger partial charge in [0.25, 0.3) is 0 Å². The van der Waals surface area contributed by atoms with E-state index >= 15 is 0 Å². The molecule has 0 radical (unpaired) electrons. The molecule has 1 aliphatic heterocycles. The molecule has 0 aromatic heterocycles. The van der Waals surface area contributed by atoms with Gasteiger partial charge in [0.1, 0.15) is 0 Å². The Labute approximate surface area is 107 Å². The Morgan fingerprint density at radius 2 is 2.29 bits per heavy atom. The van der Waals surface area contributed by atoms with Crippen LogP contribution in [0.1, 0.15) is 11.1 Å². The monoisotopic (exact) mass is 252 g/mol. The molecule has 1 fully saturated rings. The quantitative estimate of drug-likeness (QED) is 0.868. The summed E-state index contributed by atoms with van der Waals surface area (Å²) in [6, 6.07) is 5.71. The zero-order valence-electron chi connectivity index (χ0n) is 10.2. The lowest BCUT2D eigenvalue weighted by atomic mass is 9.99. The third kappa shape index (κ3) is 2.79. The van der Waals surface area contributed by atoms with Gasteiger partial charge < -0.3 is 10.2 Å². The van der Waals surface area contributed by atoms with Crippen LogP contribution in [0.2, 0.25) is 5.02 Å². The number of hydrogen-bond acceptors (Lipinski definition) is 2. The molecule has 1 heterocycles. The number of amides is 1. The summed E-state index contributed by atoms with van der Waals surface area (Å²) in [6.45, 7) is 3.67. The summed E-state index contributed by atoms with van der Waals surface area (Å²) >= 11 is 5.92. The number of hydrogen-bond donors (Lipinski definition) is 1. The molecular formula is C13H17ClN2O. The summed E-state index contributed by atoms with van der Waals surface area (Å²) in [5, 5.41) is 4.01. The van der Waals surface area contributed by atoms with Gasteiger partial charge in [-0.05, 0) is 36.6 Å². The van der Waals surface area contributed by atoms with Gasteiger partial charge in [0.05, 0.1) is 6.04 Å². The van der Waals surface area contributed by atoms with E-state index in [-0.39, 0.29) is 11.9 Å². The van der Waals surface area contributed by atoms with Crippen LogP contribution in [0, 0.1) is 6.92 Å². The highest BCUT2D eigenvalue weighted by Gasteiger charge is 2.26. The van der Waals surface area contributed by atoms with Gasteiger partial charge in [0, 0.05) is 25.2 Å². The first-order valence-corrected chi connectivity index (χ1v) is 6.19. The van der Waals surface area contributed by atoms with Crippen LogP contribution >= 0.6 is 11.6 Å². The van der Waals surface area contributed by atoms with Crippen molar-refractivity contribution in [3.63, 3.8) is 0 Å². The molecule has 0 saturated carbocycles. The molecule has 17 heavy (non-hydrogen) atoms. The molecule has 1 aromatic rings. The fourth-order valence-electron chi connectivity index (χ4n) is 2.14. The molecule has 0 aliphatic carbocycles. The highest BCUT2D eigenvalue weighted by molar-refractivity contribution is 6.30. The smallest absolute Gasteiger partial charge is 0.239 e. The lowest BCUT2D eigenvalue weighted by Gasteiger charge is -2.30. The molecule has 4 heteroatoms. The highest BCUT2D eigenvalue weighted by atomic mass is 35.5. The fraction of sp³-hybridized carbons (Fsp3) is 0.462. The zero-order chi connectivity index (χ0) is 12.4. The molecule has 1 N–H and O–H groups in total. The molecular weight excluding hydrogens is 236 g/mol. The number of likely N-dealkylation sites (N-methyl/N-ethyl adjacent to an activating group) is 1. The van der Waals surface area contributed by atoms with E-state index in [1.807, 2.05) is 32.2 Å². The van der Waals surface area contributed by atoms with Crippen LogP contribution in [0.5, 0.6) is 0 Å². The fourth-order valence-corrected chi connectivity index (χ4v) is 2.36. The van der Waals surface area contributed by atoms with Crippen LogP contribution in [0.25, 0.3) is 0 Å². The van der Waals surface area contributed by atoms with Crippen molar-refractivity contribution in [1.29, 1.82) is 0 Å². The standard InChI is InChI=1S/C13H17ClN2O/c1-9-7-11(14)4-3-10(9)8-12-13(17)16(2)6-5-15-12/h3-4,7,12,15H,5-6,8H2,1-2H3. The second-order valence-electron chi connectivity index (χ2n) is 4.54. The molecule has 1 amide bonds. The lowest BCUT2D eigenvalue weighted by Crippen LogP contribution is -2.54. The summed E-state index contributed by atoms with van der Waals surface area (Å²) in [6.07, 6.45) is 0.728. The van der Waals surface area contributed by atoms with Gasteiger partial charge in [0.15, 0.2) is 0 Å². The van der Waals surface area contributed by atoms with Crippen molar-refractivity contribution < 1.29 is 4.79 Å². The van der Waals surface area contributed by atoms with Gasteiger partial charge >= 0.3 is 0 Å². The molecule has 92 valence electrons. The van der Waals surface area contributed by atoms with E-state index < -0.39 is 0 Å². The maximum absolute atomic E-state index is 11.9. The maximum Gasteiger partial charge on any atom is 0.239 e. The summed E-state index contributed by atoms with van der Waals surface area (Å²) in [5.74, 6) is 0.172. The minimum atomic E-state index is -0.103. The average Bonchev–Trinajstić information content (AvgIpc) is 2.28. The molecule has 2 rings (SSSR count). The number of aryl methyl sites for hydroxylation is 1. The summed E-state index contributed by atoms with van der Waals surface area (Å²) in [7, 11) is 1.85. The average molecular weight is 253 g/mol. The second kappa shape index (κ2) is 5.07. The molecule has 0 spiro atoms. The number of carbonyl (C=O) groups is 1. The van der Waals surface area contributed by atoms with Gasteiger partial charge in [-0.25, -0.2) is 0 Å². The minimum Gasteiger partial charge on any atom is -0.343 e. The summed E-state index contributed by atoms with van der Waals surface area (Å²) in [4.78, 5) is 13.7. The number of rotatable bonds is 2. The van der Waals surface area contributed by atoms with Crippen molar-refractivity contribution in [2.75, 3.05) is 20.1 Å². The Bertz CT molecular complexity index is 433. The Kier molecular flexibility index (Phi) is 3.69. The summed E-state index contributed by atoms with van der Waals surface area (Å²) < 4.78 is 0. The molecule has 1 aliphatic rings. The molecule has 1 saturated heterocycles. The van der Waals surface area contributed by atoms with Crippen LogP contribution in [0.4, 0.5) is 0 Å². The Morgan fingerprint density at radius 3 is 3.00 bits per heavy atom. The first kappa shape index (κ1) is 12.4. The van der Waals surface area contributed by atoms with E-state index in [0.717, 1.165) is 30.1 Å². The predicted octanol–water partition coefficient (Wildman–Crippen LogP) is 1.62. The first-order valence-electron chi connectivity index (χ1n) is 5.81. The van der Waals surface area contributed by atoms with Crippen LogP contribution in [0.3, 0.4) is 0 Å². The number of nitrogens with one attached hydrogen (secondary N) is 1. The van der Waals surface area contributed by atoms with Crippen molar-refractivity contribution >= 4 is 17.5 Å². The number of carbonyl (C=O) groups excluding carboxylic acids is 1. The van der Waals surface area contributed by atoms with E-state index in [1.54, 1.807) is 4.90 Å². The van der Waals surface area contributed by atoms with E-state index in [0.29, 0.717) is 0 Å². The van der Waals surface area contributed by atoms with E-state index in [2.05, 4.69) is 5.32 Å². The Hall–Kier alpha value is -1.06. The number of nitrogens with zero attached hydrogens (tertiary/aromatic N) is 1. The van der Waals surface area contributed by atoms with Crippen LogP contribution < -0.4 is 5.32 Å². The molecule has 3 nitrogen and oxygen atoms in total. The van der Waals surface area contributed by atoms with Gasteiger partial charge in [-0.1, -0.05) is 17.7 Å². The van der Waals surface area contributed by atoms with Crippen LogP contribution in [-0.4, -0.2) is 37.0 Å². The van der Waals surface area contributed by atoms with Crippen molar-refractivity contribution in [1.82, 2.24) is 10.2 Å². The van der Waals surface area contributed by atoms with E-state index in [1.165, 1.54) is 5.56 Å². The van der Waals surface area contributed by atoms with E-state index in [9.17, 15) is 4.79 Å². The molecule has 0 bridgehead atoms. The minimum absolute atomic E-state index is 0.103. The molecule has 1 aromatic carbocycles. The van der Waals surface area contributed by atoms with E-state index in [4.69, 9.17) is 11.6 Å². The van der Waals surface area contributed by atoms with Crippen LogP contribution in [-0.2, 0) is 11.2 Å². The van der Waals surface area contributed by atoms with Gasteiger partial charge in [-0.2, -0.15) is 0 Å². The lowest BCUT2D eigenvalue weighted by molar-refractivity contribution is -0.134. The maximum atomic E-state index is 11.9. The van der Waals surface area contributed by atoms with Crippen molar-refractivity contribution in [2.45, 2.75) is 19.4 Å². The number of piperazine rings is 1. The normalized spacial score (nSPS) is 20.8. The highest BCUT2D eigenvalue weighted by Crippen LogP contribution is 2.17. The third-order valence-corrected chi connectivity index (χ3v) is 3.48. The first-order chi connectivity index (χ1) is 8.08. The predicted molar refractivity (Wildman–Crippen MR) is 69.3 cm³/mol. The number of benzene rings is 1. The SMILES string of the molecule is Cc1cc(Cl)ccc1CC1NCCN(C)C1=O. The van der Waals surface area contributed by atoms with Gasteiger partial charge in [-0.15, -0.1) is 0 Å². The third-order valence-electron chi connectivity index (χ3n) is 3.24. The topological polar surface area (TPSA) is 32.3 Å². The second-order valence-corrected chi connectivity index (χ2v) is 4.98. The molecule has 1 atom stereocenters. The van der Waals surface area contributed by atoms with Gasteiger partial charge in [0.2, 0.25) is 5.91 Å². The summed E-state index contributed by atoms with van der Waals surface area (Å²) in [5.41, 5.74) is 2.32. The van der Waals surface area contributed by atoms with Crippen LogP contribution in [0.15, 0.2) is 18.2 Å². The molecule has 1 unspecified atom stereocenters. The zero-order valence-corrected chi connectivity index (χ0v) is 10.9. The number of halogens is 1. The van der Waals surface area contributed by atoms with Crippen molar-refractivity contribution in [2.24, 2.45) is 0 Å². The van der Waals surface area contributed by atoms with Crippen molar-refractivity contribution in [3.05, 3.63) is 34.3 Å². The Balaban J connectivity index is 2.12. The van der Waals surface area contributed by atoms with Gasteiger partial charge in [-0.3, -0.25) is 4.79 Å². The van der Waals surface area contributed by atoms with Crippen molar-refractivity contribution in [3.8, 4) is 0 Å².